The fourth-order valence-electron chi connectivity index (χ4n) is 2.43. The van der Waals surface area contributed by atoms with Crippen LogP contribution in [0.1, 0.15) is 30.0 Å². The normalized spacial score (nSPS) is 13.4. The summed E-state index contributed by atoms with van der Waals surface area (Å²) in [6.07, 6.45) is 4.97. The van der Waals surface area contributed by atoms with Crippen molar-refractivity contribution in [3.63, 3.8) is 0 Å². The standard InChI is InChI=1S/C16H19N5O4/c1-9-5-12(14(25-2)17-6-9)19-15(23)18-7-10-8-21(11-3-4-11)16(24)20-13(10)22/h5-6,8,11H,3-4,7H2,1-2H3,(H2,18,19,23)(H,20,22,24). The Morgan fingerprint density at radius 3 is 2.88 bits per heavy atom. The number of anilines is 1. The highest BCUT2D eigenvalue weighted by molar-refractivity contribution is 5.90. The number of hydrogen-bond acceptors (Lipinski definition) is 5. The molecule has 0 aliphatic heterocycles. The van der Waals surface area contributed by atoms with E-state index < -0.39 is 17.3 Å². The third-order valence-electron chi connectivity index (χ3n) is 3.85. The minimum Gasteiger partial charge on any atom is -0.480 e. The molecule has 1 fully saturated rings. The molecule has 2 amide bonds. The zero-order valence-corrected chi connectivity index (χ0v) is 14.0. The van der Waals surface area contributed by atoms with Crippen LogP contribution in [0.4, 0.5) is 10.5 Å². The molecular formula is C16H19N5O4. The van der Waals surface area contributed by atoms with Crippen molar-refractivity contribution in [2.24, 2.45) is 0 Å². The smallest absolute Gasteiger partial charge is 0.328 e. The zero-order chi connectivity index (χ0) is 18.0. The van der Waals surface area contributed by atoms with E-state index in [1.54, 1.807) is 12.3 Å². The summed E-state index contributed by atoms with van der Waals surface area (Å²) in [4.78, 5) is 42.1. The number of methoxy groups -OCH3 is 1. The fourth-order valence-corrected chi connectivity index (χ4v) is 2.43. The molecule has 0 spiro atoms. The lowest BCUT2D eigenvalue weighted by molar-refractivity contribution is 0.251. The minimum absolute atomic E-state index is 0.00424. The van der Waals surface area contributed by atoms with Gasteiger partial charge in [0.25, 0.3) is 5.56 Å². The first kappa shape index (κ1) is 16.7. The van der Waals surface area contributed by atoms with Gasteiger partial charge in [0, 0.05) is 18.4 Å². The molecule has 0 aromatic carbocycles. The summed E-state index contributed by atoms with van der Waals surface area (Å²) in [5.41, 5.74) is 0.685. The van der Waals surface area contributed by atoms with Crippen molar-refractivity contribution in [3.8, 4) is 5.88 Å². The van der Waals surface area contributed by atoms with Gasteiger partial charge in [-0.15, -0.1) is 0 Å². The highest BCUT2D eigenvalue weighted by Crippen LogP contribution is 2.33. The van der Waals surface area contributed by atoms with Gasteiger partial charge in [-0.1, -0.05) is 0 Å². The van der Waals surface area contributed by atoms with Crippen LogP contribution in [0.3, 0.4) is 0 Å². The van der Waals surface area contributed by atoms with Crippen LogP contribution in [-0.4, -0.2) is 27.7 Å². The van der Waals surface area contributed by atoms with Gasteiger partial charge in [-0.25, -0.2) is 14.6 Å². The second kappa shape index (κ2) is 6.80. The SMILES string of the molecule is COc1ncc(C)cc1NC(=O)NCc1cn(C2CC2)c(=O)[nH]c1=O. The Morgan fingerprint density at radius 2 is 2.20 bits per heavy atom. The average Bonchev–Trinajstić information content (AvgIpc) is 3.39. The molecule has 132 valence electrons. The van der Waals surface area contributed by atoms with Crippen LogP contribution in [0.25, 0.3) is 0 Å². The number of pyridine rings is 1. The van der Waals surface area contributed by atoms with Gasteiger partial charge in [0.1, 0.15) is 5.69 Å². The number of carbonyl (C=O) groups excluding carboxylic acids is 1. The van der Waals surface area contributed by atoms with Gasteiger partial charge in [0.2, 0.25) is 5.88 Å². The van der Waals surface area contributed by atoms with Gasteiger partial charge < -0.3 is 15.4 Å². The number of rotatable bonds is 5. The van der Waals surface area contributed by atoms with Gasteiger partial charge in [0.05, 0.1) is 19.2 Å². The van der Waals surface area contributed by atoms with Crippen molar-refractivity contribution >= 4 is 11.7 Å². The lowest BCUT2D eigenvalue weighted by Gasteiger charge is -2.11. The number of nitrogens with zero attached hydrogens (tertiary/aromatic N) is 2. The molecule has 2 aromatic rings. The number of ether oxygens (including phenoxy) is 1. The summed E-state index contributed by atoms with van der Waals surface area (Å²) in [5, 5.41) is 5.23. The third-order valence-corrected chi connectivity index (χ3v) is 3.85. The Morgan fingerprint density at radius 1 is 1.44 bits per heavy atom. The molecule has 0 bridgehead atoms. The van der Waals surface area contributed by atoms with E-state index in [-0.39, 0.29) is 12.6 Å². The number of H-pyrrole nitrogens is 1. The first-order valence-corrected chi connectivity index (χ1v) is 7.87. The van der Waals surface area contributed by atoms with Crippen LogP contribution in [0.15, 0.2) is 28.0 Å². The van der Waals surface area contributed by atoms with Crippen LogP contribution in [-0.2, 0) is 6.54 Å². The molecule has 1 aliphatic carbocycles. The number of nitrogens with one attached hydrogen (secondary N) is 3. The van der Waals surface area contributed by atoms with Crippen LogP contribution in [0, 0.1) is 6.92 Å². The van der Waals surface area contributed by atoms with Crippen molar-refractivity contribution in [2.75, 3.05) is 12.4 Å². The van der Waals surface area contributed by atoms with Gasteiger partial charge in [-0.3, -0.25) is 14.3 Å². The van der Waals surface area contributed by atoms with E-state index in [9.17, 15) is 14.4 Å². The predicted molar refractivity (Wildman–Crippen MR) is 91.0 cm³/mol. The fraction of sp³-hybridized carbons (Fsp3) is 0.375. The Balaban J connectivity index is 1.69. The molecule has 0 atom stereocenters. The van der Waals surface area contributed by atoms with Crippen molar-refractivity contribution in [1.82, 2.24) is 19.9 Å². The largest absolute Gasteiger partial charge is 0.480 e. The summed E-state index contributed by atoms with van der Waals surface area (Å²) in [7, 11) is 1.46. The Kier molecular flexibility index (Phi) is 4.55. The van der Waals surface area contributed by atoms with Crippen molar-refractivity contribution in [3.05, 3.63) is 50.4 Å². The topological polar surface area (TPSA) is 118 Å². The lowest BCUT2D eigenvalue weighted by Crippen LogP contribution is -2.35. The maximum Gasteiger partial charge on any atom is 0.328 e. The van der Waals surface area contributed by atoms with E-state index in [1.165, 1.54) is 17.9 Å². The van der Waals surface area contributed by atoms with E-state index in [0.717, 1.165) is 18.4 Å². The molecule has 1 saturated carbocycles. The Hall–Kier alpha value is -3.10. The maximum atomic E-state index is 12.1. The molecule has 2 heterocycles. The van der Waals surface area contributed by atoms with Gasteiger partial charge in [-0.05, 0) is 31.4 Å². The van der Waals surface area contributed by atoms with Crippen LogP contribution in [0.2, 0.25) is 0 Å². The molecule has 25 heavy (non-hydrogen) atoms. The van der Waals surface area contributed by atoms with E-state index in [1.807, 2.05) is 6.92 Å². The predicted octanol–water partition coefficient (Wildman–Crippen LogP) is 0.905. The molecule has 3 N–H and O–H groups in total. The molecule has 9 heteroatoms. The van der Waals surface area contributed by atoms with E-state index in [2.05, 4.69) is 20.6 Å². The number of aromatic nitrogens is 3. The molecule has 3 rings (SSSR count). The Labute approximate surface area is 143 Å². The number of urea groups is 1. The average molecular weight is 345 g/mol. The first-order chi connectivity index (χ1) is 12.0. The quantitative estimate of drug-likeness (QED) is 0.744. The summed E-state index contributed by atoms with van der Waals surface area (Å²) in [6, 6.07) is 1.36. The maximum absolute atomic E-state index is 12.1. The number of carbonyl (C=O) groups is 1. The molecular weight excluding hydrogens is 326 g/mol. The zero-order valence-electron chi connectivity index (χ0n) is 14.0. The Bertz CT molecular complexity index is 913. The molecule has 9 nitrogen and oxygen atoms in total. The van der Waals surface area contributed by atoms with Gasteiger partial charge >= 0.3 is 11.7 Å². The second-order valence-electron chi connectivity index (χ2n) is 5.93. The summed E-state index contributed by atoms with van der Waals surface area (Å²) >= 11 is 0. The molecule has 1 aliphatic rings. The van der Waals surface area contributed by atoms with Crippen LogP contribution < -0.4 is 26.6 Å². The van der Waals surface area contributed by atoms with E-state index in [0.29, 0.717) is 17.1 Å². The molecule has 0 unspecified atom stereocenters. The monoisotopic (exact) mass is 345 g/mol. The van der Waals surface area contributed by atoms with Crippen molar-refractivity contribution in [2.45, 2.75) is 32.4 Å². The molecule has 0 saturated heterocycles. The van der Waals surface area contributed by atoms with E-state index in [4.69, 9.17) is 4.74 Å². The van der Waals surface area contributed by atoms with E-state index >= 15 is 0 Å². The summed E-state index contributed by atoms with van der Waals surface area (Å²) < 4.78 is 6.60. The molecule has 2 aromatic heterocycles. The first-order valence-electron chi connectivity index (χ1n) is 7.87. The second-order valence-corrected chi connectivity index (χ2v) is 5.93. The highest BCUT2D eigenvalue weighted by atomic mass is 16.5. The number of amides is 2. The number of aromatic amines is 1. The third kappa shape index (κ3) is 3.87. The van der Waals surface area contributed by atoms with Crippen molar-refractivity contribution < 1.29 is 9.53 Å². The van der Waals surface area contributed by atoms with Crippen LogP contribution in [0.5, 0.6) is 5.88 Å². The van der Waals surface area contributed by atoms with Gasteiger partial charge in [-0.2, -0.15) is 0 Å². The highest BCUT2D eigenvalue weighted by Gasteiger charge is 2.25. The molecule has 0 radical (unpaired) electrons. The summed E-state index contributed by atoms with van der Waals surface area (Å²) in [6.45, 7) is 1.84. The lowest BCUT2D eigenvalue weighted by atomic mass is 10.3. The van der Waals surface area contributed by atoms with Crippen LogP contribution >= 0.6 is 0 Å². The van der Waals surface area contributed by atoms with Gasteiger partial charge in [0.15, 0.2) is 0 Å². The minimum atomic E-state index is -0.505. The number of aryl methyl sites for hydroxylation is 1. The number of hydrogen-bond donors (Lipinski definition) is 3. The van der Waals surface area contributed by atoms with Crippen molar-refractivity contribution in [1.29, 1.82) is 0 Å². The summed E-state index contributed by atoms with van der Waals surface area (Å²) in [5.74, 6) is 0.292.